The van der Waals surface area contributed by atoms with Crippen LogP contribution in [0.25, 0.3) is 11.0 Å². The van der Waals surface area contributed by atoms with E-state index in [9.17, 15) is 14.4 Å². The molecular weight excluding hydrogens is 386 g/mol. The summed E-state index contributed by atoms with van der Waals surface area (Å²) in [5.74, 6) is -1.62. The monoisotopic (exact) mass is 409 g/mol. The van der Waals surface area contributed by atoms with Gasteiger partial charge in [-0.15, -0.1) is 0 Å². The molecule has 0 bridgehead atoms. The molecule has 156 valence electrons. The standard InChI is InChI=1S/C22H23N3O5/c1-10-18(22(28)29-6)13(4)25-19(10)20(26)14(5)30-21(27)15-7-8-16-17(9-15)24-12(3)11(2)23-16/h7-9,14,25H,1-6H3/t14-/m1/s1. The summed E-state index contributed by atoms with van der Waals surface area (Å²) < 4.78 is 10.1. The highest BCUT2D eigenvalue weighted by Crippen LogP contribution is 2.21. The lowest BCUT2D eigenvalue weighted by Gasteiger charge is -2.12. The van der Waals surface area contributed by atoms with Crippen molar-refractivity contribution in [3.05, 3.63) is 57.7 Å². The average Bonchev–Trinajstić information content (AvgIpc) is 3.01. The second kappa shape index (κ2) is 8.06. The Kier molecular flexibility index (Phi) is 5.69. The second-order valence-electron chi connectivity index (χ2n) is 7.13. The molecule has 2 heterocycles. The summed E-state index contributed by atoms with van der Waals surface area (Å²) in [6, 6.07) is 4.87. The zero-order valence-electron chi connectivity index (χ0n) is 17.7. The first-order valence-electron chi connectivity index (χ1n) is 9.41. The van der Waals surface area contributed by atoms with Crippen molar-refractivity contribution in [2.75, 3.05) is 7.11 Å². The number of aromatic amines is 1. The molecule has 3 rings (SSSR count). The summed E-state index contributed by atoms with van der Waals surface area (Å²) in [6.07, 6.45) is -1.05. The Morgan fingerprint density at radius 2 is 1.60 bits per heavy atom. The van der Waals surface area contributed by atoms with Gasteiger partial charge in [-0.05, 0) is 58.4 Å². The molecule has 0 unspecified atom stereocenters. The lowest BCUT2D eigenvalue weighted by molar-refractivity contribution is 0.0317. The SMILES string of the molecule is COC(=O)c1c(C)[nH]c(C(=O)[C@@H](C)OC(=O)c2ccc3nc(C)c(C)nc3c2)c1C. The fourth-order valence-corrected chi connectivity index (χ4v) is 3.25. The highest BCUT2D eigenvalue weighted by Gasteiger charge is 2.27. The van der Waals surface area contributed by atoms with E-state index in [4.69, 9.17) is 9.47 Å². The van der Waals surface area contributed by atoms with Crippen molar-refractivity contribution in [2.45, 2.75) is 40.7 Å². The van der Waals surface area contributed by atoms with Crippen LogP contribution in [0.2, 0.25) is 0 Å². The number of aryl methyl sites for hydroxylation is 3. The minimum atomic E-state index is -1.05. The number of fused-ring (bicyclic) bond motifs is 1. The third-order valence-corrected chi connectivity index (χ3v) is 5.04. The maximum Gasteiger partial charge on any atom is 0.339 e. The van der Waals surface area contributed by atoms with E-state index in [-0.39, 0.29) is 11.3 Å². The largest absolute Gasteiger partial charge is 0.465 e. The Morgan fingerprint density at radius 3 is 2.23 bits per heavy atom. The first kappa shape index (κ1) is 21.2. The Hall–Kier alpha value is -3.55. The highest BCUT2D eigenvalue weighted by atomic mass is 16.5. The normalized spacial score (nSPS) is 11.9. The Balaban J connectivity index is 1.82. The lowest BCUT2D eigenvalue weighted by atomic mass is 10.1. The van der Waals surface area contributed by atoms with Crippen LogP contribution in [0, 0.1) is 27.7 Å². The predicted molar refractivity (Wildman–Crippen MR) is 110 cm³/mol. The van der Waals surface area contributed by atoms with E-state index < -0.39 is 23.8 Å². The first-order valence-corrected chi connectivity index (χ1v) is 9.41. The van der Waals surface area contributed by atoms with Gasteiger partial charge >= 0.3 is 11.9 Å². The Bertz CT molecular complexity index is 1180. The van der Waals surface area contributed by atoms with Crippen molar-refractivity contribution in [1.82, 2.24) is 15.0 Å². The van der Waals surface area contributed by atoms with Crippen molar-refractivity contribution in [3.8, 4) is 0 Å². The number of methoxy groups -OCH3 is 1. The van der Waals surface area contributed by atoms with E-state index in [1.54, 1.807) is 32.0 Å². The van der Waals surface area contributed by atoms with Crippen LogP contribution in [0.1, 0.15) is 60.8 Å². The Morgan fingerprint density at radius 1 is 0.967 bits per heavy atom. The molecule has 1 N–H and O–H groups in total. The van der Waals surface area contributed by atoms with Crippen LogP contribution in [0.4, 0.5) is 0 Å². The fraction of sp³-hybridized carbons (Fsp3) is 0.318. The maximum atomic E-state index is 12.8. The number of carbonyl (C=O) groups excluding carboxylic acids is 3. The summed E-state index contributed by atoms with van der Waals surface area (Å²) in [4.78, 5) is 49.1. The summed E-state index contributed by atoms with van der Waals surface area (Å²) >= 11 is 0. The van der Waals surface area contributed by atoms with Gasteiger partial charge < -0.3 is 14.5 Å². The van der Waals surface area contributed by atoms with Gasteiger partial charge in [0, 0.05) is 5.69 Å². The topological polar surface area (TPSA) is 111 Å². The van der Waals surface area contributed by atoms with E-state index in [0.29, 0.717) is 27.9 Å². The molecule has 0 spiro atoms. The van der Waals surface area contributed by atoms with Gasteiger partial charge in [0.15, 0.2) is 6.10 Å². The second-order valence-corrected chi connectivity index (χ2v) is 7.13. The number of ketones is 1. The van der Waals surface area contributed by atoms with Crippen LogP contribution in [0.5, 0.6) is 0 Å². The number of rotatable bonds is 5. The van der Waals surface area contributed by atoms with Crippen LogP contribution < -0.4 is 0 Å². The van der Waals surface area contributed by atoms with Crippen molar-refractivity contribution < 1.29 is 23.9 Å². The number of ether oxygens (including phenoxy) is 2. The Labute approximate surface area is 173 Å². The van der Waals surface area contributed by atoms with Crippen molar-refractivity contribution in [3.63, 3.8) is 0 Å². The summed E-state index contributed by atoms with van der Waals surface area (Å²) in [7, 11) is 1.27. The third kappa shape index (κ3) is 3.80. The van der Waals surface area contributed by atoms with E-state index in [2.05, 4.69) is 15.0 Å². The molecule has 2 aromatic heterocycles. The van der Waals surface area contributed by atoms with Gasteiger partial charge in [-0.25, -0.2) is 19.6 Å². The number of aromatic nitrogens is 3. The molecule has 8 nitrogen and oxygen atoms in total. The number of esters is 2. The van der Waals surface area contributed by atoms with Gasteiger partial charge in [-0.2, -0.15) is 0 Å². The number of nitrogens with zero attached hydrogens (tertiary/aromatic N) is 2. The smallest absolute Gasteiger partial charge is 0.339 e. The van der Waals surface area contributed by atoms with Crippen molar-refractivity contribution >= 4 is 28.8 Å². The number of benzene rings is 1. The van der Waals surface area contributed by atoms with Crippen LogP contribution in [0.15, 0.2) is 18.2 Å². The molecule has 0 aliphatic rings. The molecule has 0 fully saturated rings. The molecule has 0 aliphatic carbocycles. The van der Waals surface area contributed by atoms with Crippen molar-refractivity contribution in [1.29, 1.82) is 0 Å². The van der Waals surface area contributed by atoms with Gasteiger partial charge in [0.1, 0.15) is 0 Å². The number of hydrogen-bond acceptors (Lipinski definition) is 7. The van der Waals surface area contributed by atoms with Crippen LogP contribution in [-0.2, 0) is 9.47 Å². The molecular formula is C22H23N3O5. The van der Waals surface area contributed by atoms with Gasteiger partial charge in [-0.3, -0.25) is 4.79 Å². The summed E-state index contributed by atoms with van der Waals surface area (Å²) in [5.41, 5.74) is 4.60. The molecule has 0 radical (unpaired) electrons. The van der Waals surface area contributed by atoms with Crippen LogP contribution in [-0.4, -0.2) is 45.9 Å². The molecule has 8 heteroatoms. The molecule has 0 saturated heterocycles. The molecule has 0 aliphatic heterocycles. The van der Waals surface area contributed by atoms with E-state index >= 15 is 0 Å². The molecule has 3 aromatic rings. The zero-order chi connectivity index (χ0) is 22.2. The van der Waals surface area contributed by atoms with E-state index in [0.717, 1.165) is 11.4 Å². The van der Waals surface area contributed by atoms with Gasteiger partial charge in [0.05, 0.1) is 46.4 Å². The fourth-order valence-electron chi connectivity index (χ4n) is 3.25. The summed E-state index contributed by atoms with van der Waals surface area (Å²) in [6.45, 7) is 8.52. The summed E-state index contributed by atoms with van der Waals surface area (Å²) in [5, 5.41) is 0. The zero-order valence-corrected chi connectivity index (χ0v) is 17.7. The highest BCUT2D eigenvalue weighted by molar-refractivity contribution is 6.04. The molecule has 1 atom stereocenters. The minimum Gasteiger partial charge on any atom is -0.465 e. The molecule has 30 heavy (non-hydrogen) atoms. The van der Waals surface area contributed by atoms with Crippen LogP contribution in [0.3, 0.4) is 0 Å². The van der Waals surface area contributed by atoms with Crippen molar-refractivity contribution in [2.24, 2.45) is 0 Å². The molecule has 0 amide bonds. The quantitative estimate of drug-likeness (QED) is 0.508. The first-order chi connectivity index (χ1) is 14.1. The number of Topliss-reactive ketones (excluding diaryl/α,β-unsaturated/α-hetero) is 1. The minimum absolute atomic E-state index is 0.212. The van der Waals surface area contributed by atoms with Gasteiger partial charge in [0.2, 0.25) is 5.78 Å². The predicted octanol–water partition coefficient (Wildman–Crippen LogP) is 3.41. The number of hydrogen-bond donors (Lipinski definition) is 1. The number of carbonyl (C=O) groups is 3. The van der Waals surface area contributed by atoms with E-state index in [1.165, 1.54) is 14.0 Å². The van der Waals surface area contributed by atoms with Gasteiger partial charge in [0.25, 0.3) is 0 Å². The number of nitrogens with one attached hydrogen (secondary N) is 1. The molecule has 1 aromatic carbocycles. The maximum absolute atomic E-state index is 12.8. The number of H-pyrrole nitrogens is 1. The van der Waals surface area contributed by atoms with E-state index in [1.807, 2.05) is 13.8 Å². The van der Waals surface area contributed by atoms with Crippen LogP contribution >= 0.6 is 0 Å². The lowest BCUT2D eigenvalue weighted by Crippen LogP contribution is -2.25. The third-order valence-electron chi connectivity index (χ3n) is 5.04. The average molecular weight is 409 g/mol. The molecule has 0 saturated carbocycles. The van der Waals surface area contributed by atoms with Gasteiger partial charge in [-0.1, -0.05) is 0 Å².